The van der Waals surface area contributed by atoms with E-state index in [1.807, 2.05) is 0 Å². The van der Waals surface area contributed by atoms with Gasteiger partial charge < -0.3 is 15.2 Å². The molecule has 0 aliphatic heterocycles. The van der Waals surface area contributed by atoms with Crippen molar-refractivity contribution >= 4 is 27.6 Å². The Kier molecular flexibility index (Phi) is 7.08. The maximum atomic E-state index is 13.5. The standard InChI is InChI=1S/C21H22N2O6S/c1-5-16-7-6-8-17(11-16)23(12-19(24)22-4)30(27,28)18-10-9-14(2)21(15(18)3)29-13-20(25)26/h1,6-11H,12-13H2,2-4H3,(H,22,24)(H,25,26). The number of carboxylic acid groups (broad SMARTS) is 1. The number of hydrogen-bond donors (Lipinski definition) is 2. The SMILES string of the molecule is C#Cc1cccc(N(CC(=O)NC)S(=O)(=O)c2ccc(C)c(OCC(=O)O)c2C)c1. The van der Waals surface area contributed by atoms with E-state index in [-0.39, 0.29) is 21.9 Å². The number of ether oxygens (including phenoxy) is 1. The van der Waals surface area contributed by atoms with Gasteiger partial charge in [-0.2, -0.15) is 0 Å². The summed E-state index contributed by atoms with van der Waals surface area (Å²) in [6.07, 6.45) is 5.42. The molecule has 0 saturated carbocycles. The Labute approximate surface area is 175 Å². The first kappa shape index (κ1) is 22.8. The molecule has 0 saturated heterocycles. The van der Waals surface area contributed by atoms with Gasteiger partial charge in [0.15, 0.2) is 6.61 Å². The van der Waals surface area contributed by atoms with Gasteiger partial charge in [0.25, 0.3) is 10.0 Å². The lowest BCUT2D eigenvalue weighted by molar-refractivity contribution is -0.139. The lowest BCUT2D eigenvalue weighted by Crippen LogP contribution is -2.40. The van der Waals surface area contributed by atoms with Crippen molar-refractivity contribution in [1.82, 2.24) is 5.32 Å². The Balaban J connectivity index is 2.63. The number of aliphatic carboxylic acids is 1. The highest BCUT2D eigenvalue weighted by atomic mass is 32.2. The number of anilines is 1. The fourth-order valence-electron chi connectivity index (χ4n) is 2.84. The zero-order valence-corrected chi connectivity index (χ0v) is 17.6. The highest BCUT2D eigenvalue weighted by Gasteiger charge is 2.30. The third-order valence-electron chi connectivity index (χ3n) is 4.33. The summed E-state index contributed by atoms with van der Waals surface area (Å²) in [6.45, 7) is 2.12. The van der Waals surface area contributed by atoms with Crippen LogP contribution in [0.5, 0.6) is 5.75 Å². The third kappa shape index (κ3) is 4.90. The van der Waals surface area contributed by atoms with Crippen molar-refractivity contribution in [1.29, 1.82) is 0 Å². The number of carboxylic acids is 1. The Morgan fingerprint density at radius 1 is 1.23 bits per heavy atom. The van der Waals surface area contributed by atoms with E-state index in [4.69, 9.17) is 16.3 Å². The van der Waals surface area contributed by atoms with Gasteiger partial charge in [-0.15, -0.1) is 6.42 Å². The number of sulfonamides is 1. The van der Waals surface area contributed by atoms with Gasteiger partial charge in [0.05, 0.1) is 10.6 Å². The predicted octanol–water partition coefficient (Wildman–Crippen LogP) is 1.69. The van der Waals surface area contributed by atoms with Gasteiger partial charge in [0.2, 0.25) is 5.91 Å². The second-order valence-corrected chi connectivity index (χ2v) is 8.23. The molecule has 2 aromatic rings. The molecule has 0 spiro atoms. The van der Waals surface area contributed by atoms with Crippen molar-refractivity contribution in [2.45, 2.75) is 18.7 Å². The highest BCUT2D eigenvalue weighted by molar-refractivity contribution is 7.93. The molecule has 1 amide bonds. The Morgan fingerprint density at radius 2 is 1.93 bits per heavy atom. The van der Waals surface area contributed by atoms with Crippen LogP contribution in [0.15, 0.2) is 41.3 Å². The van der Waals surface area contributed by atoms with Gasteiger partial charge in [-0.05, 0) is 43.7 Å². The van der Waals surface area contributed by atoms with Crippen LogP contribution >= 0.6 is 0 Å². The Morgan fingerprint density at radius 3 is 2.53 bits per heavy atom. The van der Waals surface area contributed by atoms with Gasteiger partial charge in [0, 0.05) is 18.2 Å². The number of amides is 1. The minimum atomic E-state index is -4.22. The lowest BCUT2D eigenvalue weighted by atomic mass is 10.1. The van der Waals surface area contributed by atoms with E-state index in [0.717, 1.165) is 4.31 Å². The number of nitrogens with one attached hydrogen (secondary N) is 1. The highest BCUT2D eigenvalue weighted by Crippen LogP contribution is 2.32. The normalized spacial score (nSPS) is 10.7. The van der Waals surface area contributed by atoms with Crippen LogP contribution in [0.2, 0.25) is 0 Å². The van der Waals surface area contributed by atoms with E-state index in [1.165, 1.54) is 38.2 Å². The van der Waals surface area contributed by atoms with E-state index in [9.17, 15) is 18.0 Å². The summed E-state index contributed by atoms with van der Waals surface area (Å²) in [6, 6.07) is 9.19. The zero-order valence-electron chi connectivity index (χ0n) is 16.8. The minimum absolute atomic E-state index is 0.108. The summed E-state index contributed by atoms with van der Waals surface area (Å²) in [5, 5.41) is 11.3. The lowest BCUT2D eigenvalue weighted by Gasteiger charge is -2.25. The van der Waals surface area contributed by atoms with Crippen molar-refractivity contribution < 1.29 is 27.9 Å². The second kappa shape index (κ2) is 9.33. The topological polar surface area (TPSA) is 113 Å². The Hall–Kier alpha value is -3.51. The molecule has 0 atom stereocenters. The molecule has 0 aliphatic carbocycles. The maximum Gasteiger partial charge on any atom is 0.341 e. The molecule has 0 bridgehead atoms. The van der Waals surface area contributed by atoms with Crippen LogP contribution < -0.4 is 14.4 Å². The molecular formula is C21H22N2O6S. The number of nitrogens with zero attached hydrogens (tertiary/aromatic N) is 1. The van der Waals surface area contributed by atoms with Gasteiger partial charge in [-0.25, -0.2) is 13.2 Å². The molecule has 0 heterocycles. The maximum absolute atomic E-state index is 13.5. The average Bonchev–Trinajstić information content (AvgIpc) is 2.71. The van der Waals surface area contributed by atoms with Crippen molar-refractivity contribution in [3.63, 3.8) is 0 Å². The zero-order chi connectivity index (χ0) is 22.5. The van der Waals surface area contributed by atoms with E-state index >= 15 is 0 Å². The molecule has 9 heteroatoms. The number of terminal acetylenes is 1. The average molecular weight is 430 g/mol. The molecular weight excluding hydrogens is 408 g/mol. The monoisotopic (exact) mass is 430 g/mol. The largest absolute Gasteiger partial charge is 0.481 e. The predicted molar refractivity (Wildman–Crippen MR) is 112 cm³/mol. The van der Waals surface area contributed by atoms with Gasteiger partial charge in [-0.3, -0.25) is 9.10 Å². The number of aryl methyl sites for hydroxylation is 1. The second-order valence-electron chi connectivity index (χ2n) is 6.40. The quantitative estimate of drug-likeness (QED) is 0.616. The first-order valence-electron chi connectivity index (χ1n) is 8.86. The van der Waals surface area contributed by atoms with Crippen LogP contribution in [-0.2, 0) is 19.6 Å². The van der Waals surface area contributed by atoms with Crippen LogP contribution in [0.4, 0.5) is 5.69 Å². The summed E-state index contributed by atoms with van der Waals surface area (Å²) in [4.78, 5) is 22.8. The number of carbonyl (C=O) groups excluding carboxylic acids is 1. The number of likely N-dealkylation sites (N-methyl/N-ethyl adjacent to an activating group) is 1. The van der Waals surface area contributed by atoms with Crippen LogP contribution in [0.3, 0.4) is 0 Å². The van der Waals surface area contributed by atoms with E-state index in [1.54, 1.807) is 19.1 Å². The summed E-state index contributed by atoms with van der Waals surface area (Å²) < 4.78 is 33.3. The van der Waals surface area contributed by atoms with E-state index in [0.29, 0.717) is 11.1 Å². The van der Waals surface area contributed by atoms with Gasteiger partial charge >= 0.3 is 5.97 Å². The first-order valence-corrected chi connectivity index (χ1v) is 10.3. The van der Waals surface area contributed by atoms with Crippen molar-refractivity contribution in [3.8, 4) is 18.1 Å². The van der Waals surface area contributed by atoms with Crippen molar-refractivity contribution in [3.05, 3.63) is 53.1 Å². The van der Waals surface area contributed by atoms with Crippen LogP contribution in [-0.4, -0.2) is 45.6 Å². The molecule has 30 heavy (non-hydrogen) atoms. The van der Waals surface area contributed by atoms with E-state index in [2.05, 4.69) is 11.2 Å². The number of carbonyl (C=O) groups is 2. The summed E-state index contributed by atoms with van der Waals surface area (Å²) >= 11 is 0. The molecule has 0 aliphatic rings. The smallest absolute Gasteiger partial charge is 0.341 e. The molecule has 2 N–H and O–H groups in total. The molecule has 0 radical (unpaired) electrons. The Bertz CT molecular complexity index is 1120. The van der Waals surface area contributed by atoms with Crippen LogP contribution in [0.25, 0.3) is 0 Å². The number of rotatable bonds is 8. The van der Waals surface area contributed by atoms with Crippen LogP contribution in [0.1, 0.15) is 16.7 Å². The molecule has 2 aromatic carbocycles. The summed E-state index contributed by atoms with van der Waals surface area (Å²) in [5.74, 6) is 0.899. The first-order chi connectivity index (χ1) is 14.1. The number of hydrogen-bond acceptors (Lipinski definition) is 5. The molecule has 8 nitrogen and oxygen atoms in total. The van der Waals surface area contributed by atoms with Gasteiger partial charge in [-0.1, -0.05) is 18.1 Å². The number of benzene rings is 2. The molecule has 158 valence electrons. The third-order valence-corrected chi connectivity index (χ3v) is 6.25. The van der Waals surface area contributed by atoms with Crippen molar-refractivity contribution in [2.24, 2.45) is 0 Å². The minimum Gasteiger partial charge on any atom is -0.481 e. The van der Waals surface area contributed by atoms with Crippen LogP contribution in [0, 0.1) is 26.2 Å². The summed E-state index contributed by atoms with van der Waals surface area (Å²) in [5.41, 5.74) is 1.50. The van der Waals surface area contributed by atoms with Gasteiger partial charge in [0.1, 0.15) is 12.3 Å². The molecule has 0 fully saturated rings. The molecule has 0 unspecified atom stereocenters. The molecule has 0 aromatic heterocycles. The molecule has 2 rings (SSSR count). The fourth-order valence-corrected chi connectivity index (χ4v) is 4.47. The van der Waals surface area contributed by atoms with E-state index < -0.39 is 35.1 Å². The van der Waals surface area contributed by atoms with Crippen molar-refractivity contribution in [2.75, 3.05) is 24.5 Å². The fraction of sp³-hybridized carbons (Fsp3) is 0.238. The summed E-state index contributed by atoms with van der Waals surface area (Å²) in [7, 11) is -2.81.